The summed E-state index contributed by atoms with van der Waals surface area (Å²) in [6.45, 7) is 3.68. The van der Waals surface area contributed by atoms with Crippen molar-refractivity contribution in [3.8, 4) is 0 Å². The van der Waals surface area contributed by atoms with E-state index in [2.05, 4.69) is 10.6 Å². The van der Waals surface area contributed by atoms with Gasteiger partial charge >= 0.3 is 0 Å². The van der Waals surface area contributed by atoms with E-state index >= 15 is 0 Å². The van der Waals surface area contributed by atoms with Gasteiger partial charge in [0.2, 0.25) is 5.91 Å². The molecule has 0 bridgehead atoms. The van der Waals surface area contributed by atoms with Crippen molar-refractivity contribution < 1.29 is 14.6 Å². The first kappa shape index (κ1) is 15.0. The Morgan fingerprint density at radius 1 is 1.40 bits per heavy atom. The second kappa shape index (κ2) is 7.38. The van der Waals surface area contributed by atoms with E-state index < -0.39 is 0 Å². The molecular formula is C15H22N2O3. The molecule has 1 saturated heterocycles. The molecule has 0 spiro atoms. The van der Waals surface area contributed by atoms with Crippen molar-refractivity contribution in [2.24, 2.45) is 5.92 Å². The molecule has 1 heterocycles. The summed E-state index contributed by atoms with van der Waals surface area (Å²) in [5.74, 6) is -0.274. The highest BCUT2D eigenvalue weighted by Crippen LogP contribution is 2.17. The molecule has 0 saturated carbocycles. The van der Waals surface area contributed by atoms with Crippen LogP contribution in [0.2, 0.25) is 0 Å². The molecule has 1 aliphatic rings. The maximum atomic E-state index is 12.3. The Balaban J connectivity index is 1.99. The predicted molar refractivity (Wildman–Crippen MR) is 76.2 cm³/mol. The first-order valence-electron chi connectivity index (χ1n) is 7.03. The lowest BCUT2D eigenvalue weighted by Gasteiger charge is -2.22. The molecule has 5 nitrogen and oxygen atoms in total. The van der Waals surface area contributed by atoms with Crippen molar-refractivity contribution in [1.82, 2.24) is 10.6 Å². The number of carbonyl (C=O) groups is 1. The number of carbonyl (C=O) groups excluding carboxylic acids is 1. The van der Waals surface area contributed by atoms with Gasteiger partial charge in [-0.3, -0.25) is 4.79 Å². The topological polar surface area (TPSA) is 70.6 Å². The van der Waals surface area contributed by atoms with Crippen molar-refractivity contribution in [3.05, 3.63) is 35.9 Å². The van der Waals surface area contributed by atoms with Gasteiger partial charge in [-0.25, -0.2) is 0 Å². The maximum absolute atomic E-state index is 12.3. The largest absolute Gasteiger partial charge is 0.394 e. The summed E-state index contributed by atoms with van der Waals surface area (Å²) in [6.07, 6.45) is 0. The second-order valence-corrected chi connectivity index (χ2v) is 4.96. The van der Waals surface area contributed by atoms with Crippen molar-refractivity contribution in [1.29, 1.82) is 0 Å². The van der Waals surface area contributed by atoms with E-state index in [1.54, 1.807) is 0 Å². The van der Waals surface area contributed by atoms with Crippen LogP contribution in [0.5, 0.6) is 0 Å². The summed E-state index contributed by atoms with van der Waals surface area (Å²) < 4.78 is 5.38. The predicted octanol–water partition coefficient (Wildman–Crippen LogP) is 0.461. The molecule has 3 atom stereocenters. The first-order valence-corrected chi connectivity index (χ1v) is 7.03. The maximum Gasteiger partial charge on any atom is 0.227 e. The minimum atomic E-state index is -0.369. The van der Waals surface area contributed by atoms with Gasteiger partial charge in [0, 0.05) is 6.04 Å². The molecule has 5 heteroatoms. The second-order valence-electron chi connectivity index (χ2n) is 4.96. The Morgan fingerprint density at radius 3 is 2.80 bits per heavy atom. The van der Waals surface area contributed by atoms with Gasteiger partial charge in [0.05, 0.1) is 31.8 Å². The molecule has 1 aliphatic heterocycles. The Morgan fingerprint density at radius 2 is 2.15 bits per heavy atom. The van der Waals surface area contributed by atoms with Gasteiger partial charge in [-0.2, -0.15) is 0 Å². The highest BCUT2D eigenvalue weighted by molar-refractivity contribution is 5.80. The molecule has 1 amide bonds. The molecule has 1 aromatic carbocycles. The van der Waals surface area contributed by atoms with Crippen LogP contribution in [0.25, 0.3) is 0 Å². The number of ether oxygens (including phenoxy) is 1. The Labute approximate surface area is 119 Å². The van der Waals surface area contributed by atoms with Crippen LogP contribution in [-0.2, 0) is 9.53 Å². The van der Waals surface area contributed by atoms with Gasteiger partial charge in [-0.15, -0.1) is 0 Å². The van der Waals surface area contributed by atoms with E-state index in [-0.39, 0.29) is 30.5 Å². The normalized spacial score (nSPS) is 23.5. The van der Waals surface area contributed by atoms with E-state index in [0.29, 0.717) is 13.2 Å². The van der Waals surface area contributed by atoms with Crippen molar-refractivity contribution >= 4 is 5.91 Å². The molecule has 0 aliphatic carbocycles. The van der Waals surface area contributed by atoms with E-state index in [1.165, 1.54) is 0 Å². The van der Waals surface area contributed by atoms with E-state index in [4.69, 9.17) is 4.74 Å². The summed E-state index contributed by atoms with van der Waals surface area (Å²) in [5, 5.41) is 15.6. The number of likely N-dealkylation sites (N-methyl/N-ethyl adjacent to an activating group) is 1. The fourth-order valence-electron chi connectivity index (χ4n) is 2.47. The zero-order valence-electron chi connectivity index (χ0n) is 11.7. The Hall–Kier alpha value is -1.43. The van der Waals surface area contributed by atoms with Crippen LogP contribution in [0, 0.1) is 5.92 Å². The Kier molecular flexibility index (Phi) is 5.52. The number of aliphatic hydroxyl groups is 1. The zero-order chi connectivity index (χ0) is 14.4. The fourth-order valence-corrected chi connectivity index (χ4v) is 2.47. The fraction of sp³-hybridized carbons (Fsp3) is 0.533. The molecule has 1 fully saturated rings. The van der Waals surface area contributed by atoms with E-state index in [1.807, 2.05) is 37.3 Å². The smallest absolute Gasteiger partial charge is 0.227 e. The molecule has 1 aromatic rings. The van der Waals surface area contributed by atoms with Crippen LogP contribution in [0.3, 0.4) is 0 Å². The molecule has 0 radical (unpaired) electrons. The number of nitrogens with one attached hydrogen (secondary N) is 2. The number of amides is 1. The Bertz CT molecular complexity index is 424. The van der Waals surface area contributed by atoms with E-state index in [0.717, 1.165) is 12.1 Å². The van der Waals surface area contributed by atoms with Crippen molar-refractivity contribution in [2.75, 3.05) is 26.4 Å². The average Bonchev–Trinajstić information content (AvgIpc) is 2.94. The molecule has 2 rings (SSSR count). The number of hydrogen-bond acceptors (Lipinski definition) is 4. The average molecular weight is 278 g/mol. The standard InChI is InChI=1S/C15H22N2O3/c1-2-16-14-10-20-9-12(14)15(19)17-13(8-18)11-6-4-3-5-7-11/h3-7,12-14,16,18H,2,8-10H2,1H3,(H,17,19). The van der Waals surface area contributed by atoms with Crippen LogP contribution in [-0.4, -0.2) is 43.4 Å². The van der Waals surface area contributed by atoms with Crippen molar-refractivity contribution in [3.63, 3.8) is 0 Å². The number of aliphatic hydroxyl groups excluding tert-OH is 1. The third kappa shape index (κ3) is 3.56. The quantitative estimate of drug-likeness (QED) is 0.707. The van der Waals surface area contributed by atoms with E-state index in [9.17, 15) is 9.90 Å². The van der Waals surface area contributed by atoms with Crippen LogP contribution >= 0.6 is 0 Å². The molecule has 20 heavy (non-hydrogen) atoms. The number of hydrogen-bond donors (Lipinski definition) is 3. The minimum Gasteiger partial charge on any atom is -0.394 e. The summed E-state index contributed by atoms with van der Waals surface area (Å²) >= 11 is 0. The molecule has 3 unspecified atom stereocenters. The molecule has 3 N–H and O–H groups in total. The molecule has 110 valence electrons. The van der Waals surface area contributed by atoms with Gasteiger partial charge in [0.1, 0.15) is 0 Å². The van der Waals surface area contributed by atoms with Gasteiger partial charge in [0.25, 0.3) is 0 Å². The third-order valence-electron chi connectivity index (χ3n) is 3.58. The molecule has 0 aromatic heterocycles. The minimum absolute atomic E-state index is 0.0510. The van der Waals surface area contributed by atoms with Gasteiger partial charge in [-0.1, -0.05) is 37.3 Å². The lowest BCUT2D eigenvalue weighted by molar-refractivity contribution is -0.126. The summed E-state index contributed by atoms with van der Waals surface area (Å²) in [4.78, 5) is 12.3. The summed E-state index contributed by atoms with van der Waals surface area (Å²) in [7, 11) is 0. The zero-order valence-corrected chi connectivity index (χ0v) is 11.7. The highest BCUT2D eigenvalue weighted by atomic mass is 16.5. The number of rotatable bonds is 6. The van der Waals surface area contributed by atoms with Crippen LogP contribution in [0.15, 0.2) is 30.3 Å². The SMILES string of the molecule is CCNC1COCC1C(=O)NC(CO)c1ccccc1. The molecular weight excluding hydrogens is 256 g/mol. The van der Waals surface area contributed by atoms with Crippen LogP contribution in [0.1, 0.15) is 18.5 Å². The lowest BCUT2D eigenvalue weighted by Crippen LogP contribution is -2.45. The summed E-state index contributed by atoms with van der Waals surface area (Å²) in [6, 6.07) is 9.17. The highest BCUT2D eigenvalue weighted by Gasteiger charge is 2.34. The van der Waals surface area contributed by atoms with Crippen LogP contribution in [0.4, 0.5) is 0 Å². The first-order chi connectivity index (χ1) is 9.76. The monoisotopic (exact) mass is 278 g/mol. The van der Waals surface area contributed by atoms with Crippen molar-refractivity contribution in [2.45, 2.75) is 19.0 Å². The number of benzene rings is 1. The third-order valence-corrected chi connectivity index (χ3v) is 3.58. The lowest BCUT2D eigenvalue weighted by atomic mass is 10.0. The summed E-state index contributed by atoms with van der Waals surface area (Å²) in [5.41, 5.74) is 0.905. The van der Waals surface area contributed by atoms with Gasteiger partial charge in [-0.05, 0) is 12.1 Å². The van der Waals surface area contributed by atoms with Crippen LogP contribution < -0.4 is 10.6 Å². The van der Waals surface area contributed by atoms with Gasteiger partial charge < -0.3 is 20.5 Å². The van der Waals surface area contributed by atoms with Gasteiger partial charge in [0.15, 0.2) is 0 Å².